The van der Waals surface area contributed by atoms with E-state index in [0.717, 1.165) is 0 Å². The first-order valence-corrected chi connectivity index (χ1v) is 14.0. The van der Waals surface area contributed by atoms with Gasteiger partial charge in [0.2, 0.25) is 0 Å². The largest absolute Gasteiger partial charge is 0 e. The summed E-state index contributed by atoms with van der Waals surface area (Å²) in [5, 5.41) is 0. The molecule has 0 N–H and O–H groups in total. The van der Waals surface area contributed by atoms with Crippen molar-refractivity contribution in [3.63, 3.8) is 0 Å². The number of hydrogen-bond donors (Lipinski definition) is 0. The third-order valence-corrected chi connectivity index (χ3v) is 0. The van der Waals surface area contributed by atoms with Gasteiger partial charge in [-0.1, -0.05) is 0 Å². The van der Waals surface area contributed by atoms with Crippen LogP contribution in [0.2, 0.25) is 0 Å². The van der Waals surface area contributed by atoms with Gasteiger partial charge in [-0.2, -0.15) is 0 Å². The van der Waals surface area contributed by atoms with E-state index < -0.39 is 0 Å². The molecule has 0 atom stereocenters. The zero-order valence-corrected chi connectivity index (χ0v) is 14.1. The molecule has 0 aliphatic heterocycles. The topological polar surface area (TPSA) is 0 Å². The third kappa shape index (κ3) is 18.1. The molecule has 0 aromatic rings. The fourth-order valence-electron chi connectivity index (χ4n) is 0. The Morgan fingerprint density at radius 3 is 1.00 bits per heavy atom. The van der Waals surface area contributed by atoms with Crippen LogP contribution in [0.1, 0.15) is 0 Å². The van der Waals surface area contributed by atoms with Crippen LogP contribution < -0.4 is 0 Å². The zero-order chi connectivity index (χ0) is 3.58. The number of hydrogen-bond acceptors (Lipinski definition) is 0. The van der Waals surface area contributed by atoms with E-state index in [1.807, 2.05) is 0 Å². The summed E-state index contributed by atoms with van der Waals surface area (Å²) in [4.78, 5) is -0.278. The quantitative estimate of drug-likeness (QED) is 0.349. The normalized spacial score (nSPS) is 7.20. The van der Waals surface area contributed by atoms with Crippen molar-refractivity contribution < 1.29 is 36.0 Å². The van der Waals surface area contributed by atoms with Crippen LogP contribution in [0.25, 0.3) is 0 Å². The standard InChI is InChI=1S/3HI.U.V/h3*1H;;/q;;;;+3/p-3. The van der Waals surface area contributed by atoms with E-state index in [1.165, 1.54) is 0 Å². The van der Waals surface area contributed by atoms with Crippen LogP contribution >= 0.6 is 59.9 Å². The minimum atomic E-state index is -0.278. The Kier molecular flexibility index (Phi) is 18.2. The molecular formula is I3UV. The molecule has 0 saturated carbocycles. The molecule has 0 unspecified atom stereocenters. The molecule has 0 aromatic heterocycles. The summed E-state index contributed by atoms with van der Waals surface area (Å²) < 4.78 is 0. The first-order chi connectivity index (χ1) is 1.73. The fourth-order valence-corrected chi connectivity index (χ4v) is 0. The van der Waals surface area contributed by atoms with E-state index in [9.17, 15) is 0 Å². The average molecular weight is 670 g/mol. The van der Waals surface area contributed by atoms with E-state index in [2.05, 4.69) is 59.9 Å². The van der Waals surface area contributed by atoms with E-state index in [0.29, 0.717) is 0 Å². The third-order valence-electron chi connectivity index (χ3n) is 0. The average Bonchev–Trinajstić information content (AvgIpc) is 0.811. The minimum absolute atomic E-state index is 0. The maximum Gasteiger partial charge on any atom is 0 e. The monoisotopic (exact) mass is 670 g/mol. The minimum Gasteiger partial charge on any atom is 0 e. The molecule has 0 nitrogen and oxygen atoms in total. The van der Waals surface area contributed by atoms with Gasteiger partial charge < -0.3 is 0 Å². The molecule has 0 spiro atoms. The fraction of sp³-hybridized carbons (Fsp3) is 0. The molecule has 0 aliphatic rings. The Bertz CT molecular complexity index is 11.6. The van der Waals surface area contributed by atoms with Crippen LogP contribution in [0, 0.1) is 31.1 Å². The van der Waals surface area contributed by atoms with Gasteiger partial charge in [0, 0.05) is 31.1 Å². The van der Waals surface area contributed by atoms with Crippen molar-refractivity contribution in [2.75, 3.05) is 0 Å². The Balaban J connectivity index is 0. The van der Waals surface area contributed by atoms with E-state index >= 15 is 0 Å². The molecule has 0 saturated heterocycles. The van der Waals surface area contributed by atoms with E-state index in [-0.39, 0.29) is 36.0 Å². The summed E-state index contributed by atoms with van der Waals surface area (Å²) >= 11 is 7.39. The molecule has 5 heteroatoms. The Morgan fingerprint density at radius 1 is 1.00 bits per heavy atom. The Morgan fingerprint density at radius 2 is 1.00 bits per heavy atom. The van der Waals surface area contributed by atoms with Gasteiger partial charge in [0.25, 0.3) is 0 Å². The predicted molar refractivity (Wildman–Crippen MR) is 42.1 cm³/mol. The van der Waals surface area contributed by atoms with Crippen molar-refractivity contribution in [3.05, 3.63) is 0 Å². The van der Waals surface area contributed by atoms with Crippen LogP contribution in [-0.2, 0) is 4.92 Å². The maximum absolute atomic E-state index is 2.46. The molecular weight excluding hydrogens is 670 g/mol. The molecule has 0 radical (unpaired) electrons. The summed E-state index contributed by atoms with van der Waals surface area (Å²) in [6, 6.07) is 0. The molecule has 0 bridgehead atoms. The summed E-state index contributed by atoms with van der Waals surface area (Å²) in [6.07, 6.45) is 0. The summed E-state index contributed by atoms with van der Waals surface area (Å²) in [5.41, 5.74) is 0. The van der Waals surface area contributed by atoms with Crippen LogP contribution in [0.15, 0.2) is 0 Å². The van der Waals surface area contributed by atoms with Crippen LogP contribution in [-0.4, -0.2) is 0 Å². The van der Waals surface area contributed by atoms with Crippen LogP contribution in [0.5, 0.6) is 0 Å². The first kappa shape index (κ1) is 11.6. The maximum atomic E-state index is 2.46. The van der Waals surface area contributed by atoms with Crippen molar-refractivity contribution in [2.45, 2.75) is 0 Å². The van der Waals surface area contributed by atoms with Gasteiger partial charge in [0.15, 0.2) is 0 Å². The van der Waals surface area contributed by atoms with Gasteiger partial charge >= 0.3 is 64.9 Å². The molecule has 0 fully saturated rings. The van der Waals surface area contributed by atoms with Crippen molar-refractivity contribution in [3.8, 4) is 0 Å². The van der Waals surface area contributed by atoms with Gasteiger partial charge in [-0.05, 0) is 0 Å². The second-order valence-electron chi connectivity index (χ2n) is 0.192. The molecule has 0 amide bonds. The van der Waals surface area contributed by atoms with E-state index in [4.69, 9.17) is 0 Å². The van der Waals surface area contributed by atoms with Crippen molar-refractivity contribution in [1.82, 2.24) is 0 Å². The molecule has 0 aliphatic carbocycles. The van der Waals surface area contributed by atoms with Gasteiger partial charge in [0.1, 0.15) is 0 Å². The van der Waals surface area contributed by atoms with Gasteiger partial charge in [-0.15, -0.1) is 0 Å². The summed E-state index contributed by atoms with van der Waals surface area (Å²) in [7, 11) is 0. The van der Waals surface area contributed by atoms with Crippen LogP contribution in [0.4, 0.5) is 0 Å². The second-order valence-corrected chi connectivity index (χ2v) is 35.6. The zero-order valence-electron chi connectivity index (χ0n) is 2.08. The number of rotatable bonds is 0. The summed E-state index contributed by atoms with van der Waals surface area (Å²) in [5.74, 6) is 0. The Hall–Kier alpha value is 3.83. The Labute approximate surface area is 93.1 Å². The van der Waals surface area contributed by atoms with Gasteiger partial charge in [0.05, 0.1) is 0 Å². The molecule has 30 valence electrons. The van der Waals surface area contributed by atoms with Gasteiger partial charge in [-0.3, -0.25) is 0 Å². The second kappa shape index (κ2) is 7.83. The van der Waals surface area contributed by atoms with Gasteiger partial charge in [-0.25, -0.2) is 0 Å². The van der Waals surface area contributed by atoms with Crippen molar-refractivity contribution >= 4 is 59.9 Å². The smallest absolute Gasteiger partial charge is 0 e. The van der Waals surface area contributed by atoms with Crippen molar-refractivity contribution in [2.24, 2.45) is 0 Å². The number of halogens is 3. The first-order valence-electron chi connectivity index (χ1n) is 0.507. The molecule has 0 rings (SSSR count). The SMILES string of the molecule is [I][V]([I])[I].[U]. The van der Waals surface area contributed by atoms with Crippen molar-refractivity contribution in [1.29, 1.82) is 0 Å². The predicted octanol–water partition coefficient (Wildman–Crippen LogP) is 2.65. The summed E-state index contributed by atoms with van der Waals surface area (Å²) in [6.45, 7) is 0. The molecule has 0 heterocycles. The molecule has 0 aromatic carbocycles. The molecule has 5 heavy (non-hydrogen) atoms. The van der Waals surface area contributed by atoms with Crippen LogP contribution in [0.3, 0.4) is 0 Å². The van der Waals surface area contributed by atoms with E-state index in [1.54, 1.807) is 0 Å².